The molecular weight excluding hydrogens is 494 g/mol. The Kier molecular flexibility index (Phi) is 8.27. The van der Waals surface area contributed by atoms with E-state index in [1.165, 1.54) is 4.90 Å². The van der Waals surface area contributed by atoms with Gasteiger partial charge in [0, 0.05) is 52.0 Å². The zero-order valence-corrected chi connectivity index (χ0v) is 24.0. The van der Waals surface area contributed by atoms with Crippen LogP contribution in [0.2, 0.25) is 0 Å². The van der Waals surface area contributed by atoms with Crippen molar-refractivity contribution in [3.63, 3.8) is 0 Å². The zero-order chi connectivity index (χ0) is 28.4. The highest BCUT2D eigenvalue weighted by atomic mass is 16.2. The lowest BCUT2D eigenvalue weighted by Gasteiger charge is -2.32. The number of pyridine rings is 1. The summed E-state index contributed by atoms with van der Waals surface area (Å²) in [6.07, 6.45) is 1.59. The van der Waals surface area contributed by atoms with Crippen molar-refractivity contribution in [1.82, 2.24) is 25.0 Å². The number of urea groups is 2. The average Bonchev–Trinajstić information content (AvgIpc) is 3.04. The van der Waals surface area contributed by atoms with Gasteiger partial charge >= 0.3 is 12.1 Å². The van der Waals surface area contributed by atoms with Crippen LogP contribution in [0.4, 0.5) is 21.1 Å². The molecule has 1 aromatic heterocycles. The summed E-state index contributed by atoms with van der Waals surface area (Å²) in [5.41, 5.74) is 1.38. The number of imide groups is 1. The minimum atomic E-state index is -1.03. The molecule has 0 atom stereocenters. The van der Waals surface area contributed by atoms with E-state index in [-0.39, 0.29) is 29.9 Å². The highest BCUT2D eigenvalue weighted by molar-refractivity contribution is 6.22. The van der Waals surface area contributed by atoms with Gasteiger partial charge < -0.3 is 15.1 Å². The lowest BCUT2D eigenvalue weighted by Crippen LogP contribution is -2.47. The first-order valence-corrected chi connectivity index (χ1v) is 13.5. The van der Waals surface area contributed by atoms with Crippen molar-refractivity contribution < 1.29 is 14.4 Å². The van der Waals surface area contributed by atoms with Crippen LogP contribution in [0.3, 0.4) is 0 Å². The molecule has 0 bridgehead atoms. The van der Waals surface area contributed by atoms with E-state index in [1.807, 2.05) is 24.3 Å². The molecule has 2 aliphatic heterocycles. The summed E-state index contributed by atoms with van der Waals surface area (Å²) in [6.45, 7) is 15.5. The fourth-order valence-corrected chi connectivity index (χ4v) is 4.82. The number of anilines is 2. The summed E-state index contributed by atoms with van der Waals surface area (Å²) in [7, 11) is 2.12. The van der Waals surface area contributed by atoms with Gasteiger partial charge in [0.2, 0.25) is 0 Å². The van der Waals surface area contributed by atoms with Crippen LogP contribution in [0.25, 0.3) is 0 Å². The number of hydrogen-bond donors (Lipinski definition) is 2. The van der Waals surface area contributed by atoms with Crippen LogP contribution >= 0.6 is 0 Å². The van der Waals surface area contributed by atoms with Crippen molar-refractivity contribution in [2.45, 2.75) is 52.1 Å². The molecule has 0 aliphatic carbocycles. The van der Waals surface area contributed by atoms with Gasteiger partial charge in [-0.1, -0.05) is 32.9 Å². The molecule has 0 spiro atoms. The van der Waals surface area contributed by atoms with E-state index in [9.17, 15) is 14.4 Å². The number of nitrogens with zero attached hydrogens (tertiary/aromatic N) is 5. The first-order valence-electron chi connectivity index (χ1n) is 13.5. The summed E-state index contributed by atoms with van der Waals surface area (Å²) >= 11 is 0. The van der Waals surface area contributed by atoms with Gasteiger partial charge in [-0.15, -0.1) is 0 Å². The lowest BCUT2D eigenvalue weighted by atomic mass is 9.87. The molecule has 39 heavy (non-hydrogen) atoms. The van der Waals surface area contributed by atoms with Crippen LogP contribution in [-0.4, -0.2) is 89.5 Å². The van der Waals surface area contributed by atoms with Crippen molar-refractivity contribution in [3.8, 4) is 0 Å². The number of amides is 5. The molecule has 1 aromatic carbocycles. The predicted octanol–water partition coefficient (Wildman–Crippen LogP) is 3.50. The van der Waals surface area contributed by atoms with Gasteiger partial charge in [0.05, 0.1) is 5.69 Å². The first-order chi connectivity index (χ1) is 18.4. The number of aromatic nitrogens is 1. The molecule has 0 unspecified atom stereocenters. The third-order valence-electron chi connectivity index (χ3n) is 7.53. The predicted molar refractivity (Wildman–Crippen MR) is 153 cm³/mol. The largest absolute Gasteiger partial charge is 0.337 e. The highest BCUT2D eigenvalue weighted by Crippen LogP contribution is 2.34. The smallest absolute Gasteiger partial charge is 0.332 e. The van der Waals surface area contributed by atoms with Gasteiger partial charge in [0.15, 0.2) is 0 Å². The number of benzene rings is 1. The highest BCUT2D eigenvalue weighted by Gasteiger charge is 2.51. The molecule has 10 nitrogen and oxygen atoms in total. The van der Waals surface area contributed by atoms with E-state index in [4.69, 9.17) is 0 Å². The fraction of sp³-hybridized carbons (Fsp3) is 0.517. The second kappa shape index (κ2) is 11.3. The van der Waals surface area contributed by atoms with Gasteiger partial charge in [-0.3, -0.25) is 15.0 Å². The number of nitrogens with one attached hydrogen (secondary N) is 2. The Morgan fingerprint density at radius 3 is 2.33 bits per heavy atom. The van der Waals surface area contributed by atoms with E-state index in [0.717, 1.165) is 43.9 Å². The fourth-order valence-electron chi connectivity index (χ4n) is 4.82. The quantitative estimate of drug-likeness (QED) is 0.527. The second-order valence-electron chi connectivity index (χ2n) is 11.9. The van der Waals surface area contributed by atoms with Gasteiger partial charge in [-0.2, -0.15) is 0 Å². The first kappa shape index (κ1) is 28.5. The van der Waals surface area contributed by atoms with Crippen molar-refractivity contribution >= 4 is 29.5 Å². The maximum atomic E-state index is 13.5. The molecule has 210 valence electrons. The van der Waals surface area contributed by atoms with Crippen LogP contribution in [-0.2, 0) is 16.8 Å². The minimum absolute atomic E-state index is 0.0303. The molecule has 2 aromatic rings. The molecule has 0 radical (unpaired) electrons. The normalized spacial score (nSPS) is 18.5. The Balaban J connectivity index is 1.37. The molecule has 4 rings (SSSR count). The Hall–Kier alpha value is -3.50. The van der Waals surface area contributed by atoms with Crippen LogP contribution in [0.5, 0.6) is 0 Å². The number of carbonyl (C=O) groups excluding carboxylic acids is 3. The van der Waals surface area contributed by atoms with Crippen LogP contribution in [0.1, 0.15) is 45.7 Å². The maximum absolute atomic E-state index is 13.5. The maximum Gasteiger partial charge on any atom is 0.332 e. The van der Waals surface area contributed by atoms with Crippen LogP contribution in [0.15, 0.2) is 42.6 Å². The number of likely N-dealkylation sites (N-methyl/N-ethyl adjacent to an activating group) is 1. The Labute approximate surface area is 231 Å². The zero-order valence-electron chi connectivity index (χ0n) is 24.0. The third kappa shape index (κ3) is 6.57. The number of hydrogen-bond acceptors (Lipinski definition) is 6. The second-order valence-corrected chi connectivity index (χ2v) is 11.9. The van der Waals surface area contributed by atoms with Gasteiger partial charge in [0.25, 0.3) is 5.91 Å². The summed E-state index contributed by atoms with van der Waals surface area (Å²) in [4.78, 5) is 50.9. The molecule has 10 heteroatoms. The van der Waals surface area contributed by atoms with E-state index < -0.39 is 5.54 Å². The van der Waals surface area contributed by atoms with Gasteiger partial charge in [0.1, 0.15) is 11.4 Å². The lowest BCUT2D eigenvalue weighted by molar-refractivity contribution is -0.123. The van der Waals surface area contributed by atoms with Crippen molar-refractivity contribution in [2.24, 2.45) is 0 Å². The number of rotatable bonds is 7. The molecule has 5 amide bonds. The third-order valence-corrected chi connectivity index (χ3v) is 7.53. The molecule has 3 heterocycles. The summed E-state index contributed by atoms with van der Waals surface area (Å²) in [5, 5.41) is 5.66. The molecular formula is C29H41N7O3. The molecule has 2 N–H and O–H groups in total. The van der Waals surface area contributed by atoms with Crippen molar-refractivity contribution in [3.05, 3.63) is 53.7 Å². The number of piperazine rings is 1. The van der Waals surface area contributed by atoms with Crippen LogP contribution in [0, 0.1) is 0 Å². The molecule has 0 saturated carbocycles. The van der Waals surface area contributed by atoms with E-state index in [0.29, 0.717) is 18.1 Å². The van der Waals surface area contributed by atoms with E-state index in [1.54, 1.807) is 37.1 Å². The Morgan fingerprint density at radius 1 is 1.03 bits per heavy atom. The van der Waals surface area contributed by atoms with Crippen molar-refractivity contribution in [1.29, 1.82) is 0 Å². The van der Waals surface area contributed by atoms with Crippen molar-refractivity contribution in [2.75, 3.05) is 56.5 Å². The standard InChI is InChI=1S/C29H41N7O3/c1-28(2,3)22-7-9-23(10-8-22)36-25(37)29(4,5)35(27(36)39)20-21-11-12-30-24(19-21)32-26(38)31-13-14-34-17-15-33(6)16-18-34/h7-12,19H,13-18,20H2,1-6H3,(H2,30,31,32,38). The van der Waals surface area contributed by atoms with Gasteiger partial charge in [-0.05, 0) is 61.7 Å². The van der Waals surface area contributed by atoms with E-state index >= 15 is 0 Å². The summed E-state index contributed by atoms with van der Waals surface area (Å²) in [5.74, 6) is 0.109. The monoisotopic (exact) mass is 535 g/mol. The topological polar surface area (TPSA) is 101 Å². The Morgan fingerprint density at radius 2 is 1.69 bits per heavy atom. The molecule has 2 fully saturated rings. The van der Waals surface area contributed by atoms with Crippen LogP contribution < -0.4 is 15.5 Å². The average molecular weight is 536 g/mol. The molecule has 2 saturated heterocycles. The Bertz CT molecular complexity index is 1200. The summed E-state index contributed by atoms with van der Waals surface area (Å²) < 4.78 is 0. The number of carbonyl (C=O) groups is 3. The molecule has 2 aliphatic rings. The summed E-state index contributed by atoms with van der Waals surface area (Å²) in [6, 6.07) is 10.4. The van der Waals surface area contributed by atoms with E-state index in [2.05, 4.69) is 53.2 Å². The SMILES string of the molecule is CN1CCN(CCNC(=O)Nc2cc(CN3C(=O)N(c4ccc(C(C)(C)C)cc4)C(=O)C3(C)C)ccn2)CC1. The minimum Gasteiger partial charge on any atom is -0.337 e. The van der Waals surface area contributed by atoms with Gasteiger partial charge in [-0.25, -0.2) is 19.5 Å².